The van der Waals surface area contributed by atoms with E-state index in [-0.39, 0.29) is 11.7 Å². The molecule has 0 saturated carbocycles. The van der Waals surface area contributed by atoms with Crippen molar-refractivity contribution in [3.05, 3.63) is 59.2 Å². The van der Waals surface area contributed by atoms with Crippen molar-refractivity contribution >= 4 is 21.4 Å². The molecule has 0 bridgehead atoms. The third-order valence-electron chi connectivity index (χ3n) is 7.09. The molecule has 34 heavy (non-hydrogen) atoms. The van der Waals surface area contributed by atoms with E-state index in [9.17, 15) is 13.2 Å². The number of rotatable bonds is 10. The second-order valence-corrected chi connectivity index (χ2v) is 11.6. The Hall–Kier alpha value is -2.22. The van der Waals surface area contributed by atoms with E-state index in [4.69, 9.17) is 4.74 Å². The van der Waals surface area contributed by atoms with Crippen LogP contribution < -0.4 is 5.32 Å². The number of hydrogen-bond donors (Lipinski definition) is 1. The highest BCUT2D eigenvalue weighted by molar-refractivity contribution is 7.91. The smallest absolute Gasteiger partial charge is 0.255 e. The highest BCUT2D eigenvalue weighted by Crippen LogP contribution is 2.29. The van der Waals surface area contributed by atoms with Crippen molar-refractivity contribution in [2.24, 2.45) is 11.8 Å². The number of methoxy groups -OCH3 is 1. The van der Waals surface area contributed by atoms with Crippen LogP contribution >= 0.6 is 0 Å². The van der Waals surface area contributed by atoms with Gasteiger partial charge in [-0.2, -0.15) is 0 Å². The number of carbonyl (C=O) groups is 1. The Labute approximate surface area is 204 Å². The Bertz CT molecular complexity index is 1080. The van der Waals surface area contributed by atoms with Crippen LogP contribution in [-0.2, 0) is 14.6 Å². The number of nitrogens with one attached hydrogen (secondary N) is 1. The first-order valence-electron chi connectivity index (χ1n) is 12.1. The Morgan fingerprint density at radius 3 is 2.47 bits per heavy atom. The van der Waals surface area contributed by atoms with Gasteiger partial charge in [-0.3, -0.25) is 4.79 Å². The van der Waals surface area contributed by atoms with Crippen LogP contribution in [0.3, 0.4) is 0 Å². The Kier molecular flexibility index (Phi) is 9.28. The number of likely N-dealkylation sites (tertiary alicyclic amines) is 1. The van der Waals surface area contributed by atoms with Crippen LogP contribution in [0, 0.1) is 25.7 Å². The lowest BCUT2D eigenvalue weighted by Gasteiger charge is -2.34. The van der Waals surface area contributed by atoms with E-state index in [1.807, 2.05) is 32.0 Å². The minimum atomic E-state index is -3.38. The lowest BCUT2D eigenvalue weighted by atomic mass is 9.84. The van der Waals surface area contributed by atoms with Gasteiger partial charge in [-0.1, -0.05) is 25.1 Å². The van der Waals surface area contributed by atoms with Crippen molar-refractivity contribution in [1.82, 2.24) is 4.90 Å². The number of anilines is 1. The van der Waals surface area contributed by atoms with E-state index in [1.165, 1.54) is 0 Å². The number of benzene rings is 2. The zero-order chi connectivity index (χ0) is 24.7. The van der Waals surface area contributed by atoms with E-state index >= 15 is 0 Å². The van der Waals surface area contributed by atoms with Crippen molar-refractivity contribution in [3.8, 4) is 0 Å². The van der Waals surface area contributed by atoms with Gasteiger partial charge >= 0.3 is 0 Å². The SMILES string of the molecule is COCCN1CCC([C@@H](C)CCS(=O)(=O)c2ccc(NC(=O)c3ccccc3C)c(C)c2)CC1. The number of hydrogen-bond acceptors (Lipinski definition) is 5. The number of amides is 1. The van der Waals surface area contributed by atoms with Gasteiger partial charge in [0.25, 0.3) is 5.91 Å². The van der Waals surface area contributed by atoms with Gasteiger partial charge in [-0.15, -0.1) is 0 Å². The molecule has 1 amide bonds. The number of nitrogens with zero attached hydrogens (tertiary/aromatic N) is 1. The molecule has 1 N–H and O–H groups in total. The van der Waals surface area contributed by atoms with Crippen LogP contribution in [0.4, 0.5) is 5.69 Å². The molecule has 1 aliphatic rings. The van der Waals surface area contributed by atoms with E-state index < -0.39 is 9.84 Å². The first-order chi connectivity index (χ1) is 16.2. The maximum atomic E-state index is 13.0. The second-order valence-electron chi connectivity index (χ2n) is 9.50. The summed E-state index contributed by atoms with van der Waals surface area (Å²) in [4.78, 5) is 15.4. The summed E-state index contributed by atoms with van der Waals surface area (Å²) in [5.41, 5.74) is 2.86. The lowest BCUT2D eigenvalue weighted by Crippen LogP contribution is -2.37. The van der Waals surface area contributed by atoms with Gasteiger partial charge in [0.05, 0.1) is 17.3 Å². The number of ether oxygens (including phenoxy) is 1. The fourth-order valence-electron chi connectivity index (χ4n) is 4.65. The molecule has 1 fully saturated rings. The molecule has 2 aromatic rings. The third kappa shape index (κ3) is 6.90. The number of sulfone groups is 1. The molecule has 0 aliphatic carbocycles. The van der Waals surface area contributed by atoms with E-state index in [0.29, 0.717) is 34.4 Å². The van der Waals surface area contributed by atoms with Gasteiger partial charge in [0.1, 0.15) is 0 Å². The molecule has 1 aliphatic heterocycles. The summed E-state index contributed by atoms with van der Waals surface area (Å²) >= 11 is 0. The summed E-state index contributed by atoms with van der Waals surface area (Å²) in [5.74, 6) is 0.883. The number of aryl methyl sites for hydroxylation is 2. The maximum absolute atomic E-state index is 13.0. The van der Waals surface area contributed by atoms with Gasteiger partial charge < -0.3 is 15.0 Å². The molecule has 0 radical (unpaired) electrons. The normalized spacial score (nSPS) is 16.4. The highest BCUT2D eigenvalue weighted by atomic mass is 32.2. The van der Waals surface area contributed by atoms with Gasteiger partial charge in [-0.25, -0.2) is 8.42 Å². The summed E-state index contributed by atoms with van der Waals surface area (Å²) in [6, 6.07) is 12.4. The first kappa shape index (κ1) is 26.4. The molecule has 1 heterocycles. The second kappa shape index (κ2) is 12.0. The summed E-state index contributed by atoms with van der Waals surface area (Å²) in [6.45, 7) is 9.73. The van der Waals surface area contributed by atoms with Crippen LogP contribution in [0.2, 0.25) is 0 Å². The van der Waals surface area contributed by atoms with Crippen LogP contribution in [0.15, 0.2) is 47.4 Å². The molecular formula is C27H38N2O4S. The van der Waals surface area contributed by atoms with Crippen molar-refractivity contribution in [3.63, 3.8) is 0 Å². The van der Waals surface area contributed by atoms with Crippen molar-refractivity contribution in [1.29, 1.82) is 0 Å². The lowest BCUT2D eigenvalue weighted by molar-refractivity contribution is 0.102. The molecule has 186 valence electrons. The van der Waals surface area contributed by atoms with E-state index in [2.05, 4.69) is 17.1 Å². The minimum Gasteiger partial charge on any atom is -0.383 e. The van der Waals surface area contributed by atoms with Crippen molar-refractivity contribution < 1.29 is 17.9 Å². The fourth-order valence-corrected chi connectivity index (χ4v) is 6.20. The monoisotopic (exact) mass is 486 g/mol. The summed E-state index contributed by atoms with van der Waals surface area (Å²) in [7, 11) is -1.65. The largest absolute Gasteiger partial charge is 0.383 e. The van der Waals surface area contributed by atoms with Gasteiger partial charge in [0, 0.05) is 24.9 Å². The number of piperidine rings is 1. The Morgan fingerprint density at radius 2 is 1.82 bits per heavy atom. The zero-order valence-corrected chi connectivity index (χ0v) is 21.7. The van der Waals surface area contributed by atoms with E-state index in [0.717, 1.165) is 50.2 Å². The van der Waals surface area contributed by atoms with Gasteiger partial charge in [-0.05, 0) is 93.4 Å². The molecule has 2 aromatic carbocycles. The maximum Gasteiger partial charge on any atom is 0.255 e. The zero-order valence-electron chi connectivity index (χ0n) is 20.8. The molecule has 1 atom stereocenters. The van der Waals surface area contributed by atoms with Gasteiger partial charge in [0.15, 0.2) is 9.84 Å². The minimum absolute atomic E-state index is 0.145. The first-order valence-corrected chi connectivity index (χ1v) is 13.8. The van der Waals surface area contributed by atoms with Crippen LogP contribution in [0.5, 0.6) is 0 Å². The molecule has 7 heteroatoms. The number of carbonyl (C=O) groups excluding carboxylic acids is 1. The fraction of sp³-hybridized carbons (Fsp3) is 0.519. The average molecular weight is 487 g/mol. The third-order valence-corrected chi connectivity index (χ3v) is 8.83. The molecule has 0 spiro atoms. The molecule has 3 rings (SSSR count). The van der Waals surface area contributed by atoms with Crippen molar-refractivity contribution in [2.45, 2.75) is 44.9 Å². The highest BCUT2D eigenvalue weighted by Gasteiger charge is 2.26. The van der Waals surface area contributed by atoms with Crippen molar-refractivity contribution in [2.75, 3.05) is 44.4 Å². The predicted octanol–water partition coefficient (Wildman–Crippen LogP) is 4.71. The molecule has 0 unspecified atom stereocenters. The quantitative estimate of drug-likeness (QED) is 0.526. The summed E-state index contributed by atoms with van der Waals surface area (Å²) in [6.07, 6.45) is 2.88. The molecule has 1 saturated heterocycles. The van der Waals surface area contributed by atoms with Gasteiger partial charge in [0.2, 0.25) is 0 Å². The standard InChI is InChI=1S/C27H38N2O4S/c1-20(23-11-14-29(15-12-23)16-17-33-4)13-18-34(31,32)24-9-10-26(22(3)19-24)28-27(30)25-8-6-5-7-21(25)2/h5-10,19-20,23H,11-18H2,1-4H3,(H,28,30)/t20-/m0/s1. The Balaban J connectivity index is 1.56. The molecule has 0 aromatic heterocycles. The average Bonchev–Trinajstić information content (AvgIpc) is 2.83. The van der Waals surface area contributed by atoms with Crippen LogP contribution in [0.25, 0.3) is 0 Å². The Morgan fingerprint density at radius 1 is 1.12 bits per heavy atom. The van der Waals surface area contributed by atoms with E-state index in [1.54, 1.807) is 31.4 Å². The van der Waals surface area contributed by atoms with Crippen LogP contribution in [0.1, 0.15) is 47.7 Å². The molecular weight excluding hydrogens is 448 g/mol. The molecule has 6 nitrogen and oxygen atoms in total. The predicted molar refractivity (Wildman–Crippen MR) is 137 cm³/mol. The van der Waals surface area contributed by atoms with Crippen LogP contribution in [-0.4, -0.2) is 58.3 Å². The topological polar surface area (TPSA) is 75.7 Å². The summed E-state index contributed by atoms with van der Waals surface area (Å²) < 4.78 is 31.2. The summed E-state index contributed by atoms with van der Waals surface area (Å²) in [5, 5.41) is 2.91.